The summed E-state index contributed by atoms with van der Waals surface area (Å²) in [6.45, 7) is 0. The average molecular weight is 654 g/mol. The van der Waals surface area contributed by atoms with Crippen LogP contribution in [0.4, 0.5) is 5.69 Å². The van der Waals surface area contributed by atoms with Crippen LogP contribution in [0.5, 0.6) is 11.5 Å². The van der Waals surface area contributed by atoms with E-state index in [2.05, 4.69) is 26.6 Å². The van der Waals surface area contributed by atoms with Gasteiger partial charge in [0.25, 0.3) is 0 Å². The van der Waals surface area contributed by atoms with Gasteiger partial charge in [0.1, 0.15) is 16.9 Å². The van der Waals surface area contributed by atoms with Crippen LogP contribution in [-0.2, 0) is 15.0 Å². The van der Waals surface area contributed by atoms with Gasteiger partial charge in [-0.25, -0.2) is 4.79 Å². The highest BCUT2D eigenvalue weighted by molar-refractivity contribution is 9.10. The van der Waals surface area contributed by atoms with E-state index in [0.29, 0.717) is 39.2 Å². The van der Waals surface area contributed by atoms with Gasteiger partial charge in [0.05, 0.1) is 11.6 Å². The number of ether oxygens (including phenoxy) is 1. The number of allylic oxidation sites excluding steroid dienone is 4. The van der Waals surface area contributed by atoms with Crippen LogP contribution in [-0.4, -0.2) is 22.9 Å². The van der Waals surface area contributed by atoms with E-state index in [9.17, 15) is 19.5 Å². The number of nitrogens with one attached hydrogen (secondary N) is 2. The Bertz CT molecular complexity index is 1650. The fourth-order valence-corrected chi connectivity index (χ4v) is 7.08. The van der Waals surface area contributed by atoms with Crippen LogP contribution in [0.1, 0.15) is 40.4 Å². The summed E-state index contributed by atoms with van der Waals surface area (Å²) in [5.74, 6) is -1.30. The first-order chi connectivity index (χ1) is 19.7. The summed E-state index contributed by atoms with van der Waals surface area (Å²) < 4.78 is 7.00. The number of hydrogen-bond acceptors (Lipinski definition) is 4. The number of aromatic carboxylic acids is 1. The number of carboxylic acid groups (broad SMARTS) is 1. The first kappa shape index (κ1) is 27.6. The molecule has 3 N–H and O–H groups in total. The van der Waals surface area contributed by atoms with Gasteiger partial charge < -0.3 is 20.5 Å². The van der Waals surface area contributed by atoms with Crippen LogP contribution < -0.4 is 15.4 Å². The number of carbonyl (C=O) groups excluding carboxylic acids is 2. The molecule has 3 aromatic carbocycles. The Balaban J connectivity index is 1.53. The fraction of sp³-hybridized carbons (Fsp3) is 0.194. The average Bonchev–Trinajstić information content (AvgIpc) is 3.22. The third kappa shape index (κ3) is 4.84. The summed E-state index contributed by atoms with van der Waals surface area (Å²) in [5, 5.41) is 16.6. The SMILES string of the molecule is O=C1C[C@@H](C2C=CC=C(Cl)C2)[C@]2(C(=O)Nc3cc(Cl)ccc32)[C@@H](c2cc(Br)ccc2Oc2ccc(C(=O)O)cc2)N1. The van der Waals surface area contributed by atoms with Crippen LogP contribution in [0.15, 0.2) is 88.4 Å². The maximum atomic E-state index is 14.3. The lowest BCUT2D eigenvalue weighted by Crippen LogP contribution is -2.59. The number of amides is 2. The van der Waals surface area contributed by atoms with Crippen LogP contribution in [0, 0.1) is 11.8 Å². The monoisotopic (exact) mass is 652 g/mol. The Labute approximate surface area is 254 Å². The zero-order valence-electron chi connectivity index (χ0n) is 21.4. The lowest BCUT2D eigenvalue weighted by Gasteiger charge is -2.49. The molecule has 10 heteroatoms. The molecule has 0 bridgehead atoms. The summed E-state index contributed by atoms with van der Waals surface area (Å²) in [4.78, 5) is 39.0. The minimum atomic E-state index is -1.22. The van der Waals surface area contributed by atoms with E-state index in [0.717, 1.165) is 10.0 Å². The smallest absolute Gasteiger partial charge is 0.335 e. The summed E-state index contributed by atoms with van der Waals surface area (Å²) in [7, 11) is 0. The molecule has 2 aliphatic heterocycles. The molecule has 0 saturated carbocycles. The van der Waals surface area contributed by atoms with E-state index in [1.807, 2.05) is 30.4 Å². The molecular weight excluding hydrogens is 631 g/mol. The van der Waals surface area contributed by atoms with Gasteiger partial charge in [0.15, 0.2) is 0 Å². The van der Waals surface area contributed by atoms with Gasteiger partial charge in [-0.2, -0.15) is 0 Å². The Hall–Kier alpha value is -3.59. The van der Waals surface area contributed by atoms with Crippen LogP contribution in [0.2, 0.25) is 5.02 Å². The molecule has 1 saturated heterocycles. The van der Waals surface area contributed by atoms with E-state index in [1.165, 1.54) is 12.1 Å². The molecule has 3 aliphatic rings. The second-order valence-electron chi connectivity index (χ2n) is 10.3. The van der Waals surface area contributed by atoms with Crippen molar-refractivity contribution < 1.29 is 24.2 Å². The van der Waals surface area contributed by atoms with Crippen LogP contribution in [0.3, 0.4) is 0 Å². The molecule has 1 fully saturated rings. The second kappa shape index (κ2) is 10.7. The van der Waals surface area contributed by atoms with Gasteiger partial charge >= 0.3 is 5.97 Å². The minimum Gasteiger partial charge on any atom is -0.478 e. The molecular formula is C31H23BrCl2N2O5. The minimum absolute atomic E-state index is 0.117. The Morgan fingerprint density at radius 2 is 1.80 bits per heavy atom. The summed E-state index contributed by atoms with van der Waals surface area (Å²) in [5.41, 5.74) is 0.818. The normalized spacial score (nSPS) is 24.9. The molecule has 0 aromatic heterocycles. The van der Waals surface area contributed by atoms with Gasteiger partial charge in [0.2, 0.25) is 11.8 Å². The van der Waals surface area contributed by atoms with Crippen molar-refractivity contribution in [3.63, 3.8) is 0 Å². The molecule has 1 unspecified atom stereocenters. The van der Waals surface area contributed by atoms with Crippen molar-refractivity contribution >= 4 is 62.6 Å². The van der Waals surface area contributed by atoms with E-state index in [4.69, 9.17) is 27.9 Å². The van der Waals surface area contributed by atoms with Crippen molar-refractivity contribution in [2.45, 2.75) is 24.3 Å². The maximum Gasteiger partial charge on any atom is 0.335 e. The number of rotatable bonds is 5. The number of hydrogen-bond donors (Lipinski definition) is 3. The summed E-state index contributed by atoms with van der Waals surface area (Å²) in [6.07, 6.45) is 6.32. The number of piperidine rings is 1. The van der Waals surface area contributed by atoms with Gasteiger partial charge in [-0.05, 0) is 84.5 Å². The van der Waals surface area contributed by atoms with Crippen molar-refractivity contribution in [2.75, 3.05) is 5.32 Å². The molecule has 41 heavy (non-hydrogen) atoms. The largest absolute Gasteiger partial charge is 0.478 e. The molecule has 7 nitrogen and oxygen atoms in total. The maximum absolute atomic E-state index is 14.3. The molecule has 4 atom stereocenters. The Kier molecular flexibility index (Phi) is 7.18. The zero-order chi connectivity index (χ0) is 28.9. The third-order valence-corrected chi connectivity index (χ3v) is 9.01. The molecule has 1 aliphatic carbocycles. The Morgan fingerprint density at radius 3 is 2.54 bits per heavy atom. The lowest BCUT2D eigenvalue weighted by molar-refractivity contribution is -0.135. The van der Waals surface area contributed by atoms with Crippen LogP contribution in [0.25, 0.3) is 0 Å². The molecule has 0 radical (unpaired) electrons. The van der Waals surface area contributed by atoms with Crippen molar-refractivity contribution in [3.05, 3.63) is 110 Å². The number of carbonyl (C=O) groups is 3. The zero-order valence-corrected chi connectivity index (χ0v) is 24.5. The van der Waals surface area contributed by atoms with Gasteiger partial charge in [0, 0.05) is 32.2 Å². The number of halogens is 3. The number of fused-ring (bicyclic) bond motifs is 2. The van der Waals surface area contributed by atoms with Gasteiger partial charge in [-0.3, -0.25) is 9.59 Å². The quantitative estimate of drug-likeness (QED) is 0.267. The van der Waals surface area contributed by atoms with Crippen molar-refractivity contribution in [2.24, 2.45) is 11.8 Å². The summed E-state index contributed by atoms with van der Waals surface area (Å²) >= 11 is 16.3. The highest BCUT2D eigenvalue weighted by Gasteiger charge is 2.62. The number of anilines is 1. The van der Waals surface area contributed by atoms with E-state index < -0.39 is 23.3 Å². The first-order valence-corrected chi connectivity index (χ1v) is 14.5. The highest BCUT2D eigenvalue weighted by atomic mass is 79.9. The van der Waals surface area contributed by atoms with Crippen molar-refractivity contribution in [1.29, 1.82) is 0 Å². The number of benzene rings is 3. The van der Waals surface area contributed by atoms with Crippen molar-refractivity contribution in [1.82, 2.24) is 5.32 Å². The second-order valence-corrected chi connectivity index (χ2v) is 12.1. The lowest BCUT2D eigenvalue weighted by atomic mass is 9.57. The molecule has 6 rings (SSSR count). The van der Waals surface area contributed by atoms with E-state index in [-0.39, 0.29) is 29.7 Å². The van der Waals surface area contributed by atoms with E-state index in [1.54, 1.807) is 36.4 Å². The third-order valence-electron chi connectivity index (χ3n) is 8.00. The summed E-state index contributed by atoms with van der Waals surface area (Å²) in [6, 6.07) is 15.9. The Morgan fingerprint density at radius 1 is 1.02 bits per heavy atom. The van der Waals surface area contributed by atoms with Gasteiger partial charge in [-0.15, -0.1) is 0 Å². The predicted octanol–water partition coefficient (Wildman–Crippen LogP) is 7.36. The molecule has 208 valence electrons. The molecule has 3 aromatic rings. The number of carboxylic acids is 1. The van der Waals surface area contributed by atoms with Gasteiger partial charge in [-0.1, -0.05) is 57.4 Å². The molecule has 2 heterocycles. The highest BCUT2D eigenvalue weighted by Crippen LogP contribution is 2.58. The standard InChI is InChI=1S/C31H23BrCl2N2O5/c32-18-6-11-26(41-21-8-4-16(5-9-21)29(38)39)22(13-18)28-31(23-10-7-20(34)14-25(23)35-30(31)40)24(15-27(37)36-28)17-2-1-3-19(33)12-17/h1-11,13-14,17,24,28H,12,15H2,(H,35,40)(H,36,37)(H,38,39)/t17?,24-,28+,31-/m0/s1. The first-order valence-electron chi connectivity index (χ1n) is 12.9. The molecule has 1 spiro atoms. The van der Waals surface area contributed by atoms with Crippen molar-refractivity contribution in [3.8, 4) is 11.5 Å². The predicted molar refractivity (Wildman–Crippen MR) is 160 cm³/mol. The topological polar surface area (TPSA) is 105 Å². The van der Waals surface area contributed by atoms with Crippen LogP contribution >= 0.6 is 39.1 Å². The molecule has 2 amide bonds. The fourth-order valence-electron chi connectivity index (χ4n) is 6.27. The van der Waals surface area contributed by atoms with E-state index >= 15 is 0 Å².